The van der Waals surface area contributed by atoms with Gasteiger partial charge >= 0.3 is 0 Å². The molecule has 2 aromatic rings. The normalized spacial score (nSPS) is 14.1. The van der Waals surface area contributed by atoms with Crippen LogP contribution in [0.4, 0.5) is 0 Å². The van der Waals surface area contributed by atoms with Gasteiger partial charge in [-0.25, -0.2) is 8.42 Å². The average molecular weight is 538 g/mol. The molecule has 0 spiro atoms. The maximum atomic E-state index is 11.6. The predicted molar refractivity (Wildman–Crippen MR) is 136 cm³/mol. The fourth-order valence-electron chi connectivity index (χ4n) is 3.10. The Morgan fingerprint density at radius 3 is 1.88 bits per heavy atom. The van der Waals surface area contributed by atoms with Gasteiger partial charge in [-0.05, 0) is 35.4 Å². The van der Waals surface area contributed by atoms with E-state index in [4.69, 9.17) is 44.3 Å². The summed E-state index contributed by atoms with van der Waals surface area (Å²) in [5, 5.41) is 10.8. The first kappa shape index (κ1) is 28.1. The monoisotopic (exact) mass is 536 g/mol. The highest BCUT2D eigenvalue weighted by atomic mass is 35.5. The van der Waals surface area contributed by atoms with E-state index < -0.39 is 21.4 Å². The molecule has 0 bridgehead atoms. The Hall–Kier alpha value is -1.18. The van der Waals surface area contributed by atoms with E-state index >= 15 is 0 Å². The number of aliphatic hydroxyl groups is 1. The Labute approximate surface area is 211 Å². The lowest BCUT2D eigenvalue weighted by Gasteiger charge is -2.27. The van der Waals surface area contributed by atoms with Gasteiger partial charge in [0.2, 0.25) is 0 Å². The van der Waals surface area contributed by atoms with Gasteiger partial charge in [0.1, 0.15) is 24.2 Å². The molecule has 0 aliphatic rings. The van der Waals surface area contributed by atoms with E-state index in [1.54, 1.807) is 12.1 Å². The van der Waals surface area contributed by atoms with Gasteiger partial charge in [0.05, 0.1) is 22.4 Å². The van der Waals surface area contributed by atoms with Crippen molar-refractivity contribution in [3.05, 3.63) is 57.6 Å². The summed E-state index contributed by atoms with van der Waals surface area (Å²) in [6, 6.07) is 11.1. The molecule has 0 amide bonds. The highest BCUT2D eigenvalue weighted by Gasteiger charge is 2.25. The second-order valence-corrected chi connectivity index (χ2v) is 12.2. The van der Waals surface area contributed by atoms with Gasteiger partial charge < -0.3 is 14.6 Å². The third-order valence-electron chi connectivity index (χ3n) is 5.41. The minimum atomic E-state index is -3.29. The van der Waals surface area contributed by atoms with Crippen LogP contribution in [0.5, 0.6) is 11.5 Å². The molecule has 1 N–H and O–H groups in total. The van der Waals surface area contributed by atoms with E-state index in [2.05, 4.69) is 13.8 Å². The summed E-state index contributed by atoms with van der Waals surface area (Å²) in [5.74, 6) is 1.34. The Morgan fingerprint density at radius 1 is 0.970 bits per heavy atom. The van der Waals surface area contributed by atoms with Crippen LogP contribution in [0.15, 0.2) is 36.4 Å². The first-order chi connectivity index (χ1) is 15.4. The molecule has 0 radical (unpaired) electrons. The van der Waals surface area contributed by atoms with Gasteiger partial charge in [-0.15, -0.1) is 11.6 Å². The number of hydrogen-bond acceptors (Lipinski definition) is 5. The third-order valence-corrected chi connectivity index (χ3v) is 8.30. The summed E-state index contributed by atoms with van der Waals surface area (Å²) in [4.78, 5) is 0. The number of halogens is 3. The van der Waals surface area contributed by atoms with Crippen molar-refractivity contribution >= 4 is 44.6 Å². The zero-order chi connectivity index (χ0) is 24.8. The first-order valence-corrected chi connectivity index (χ1v) is 13.8. The van der Waals surface area contributed by atoms with Gasteiger partial charge in [0.25, 0.3) is 0 Å². The van der Waals surface area contributed by atoms with E-state index in [9.17, 15) is 13.5 Å². The van der Waals surface area contributed by atoms with Gasteiger partial charge in [-0.2, -0.15) is 0 Å². The molecule has 2 atom stereocenters. The van der Waals surface area contributed by atoms with Crippen molar-refractivity contribution in [3.8, 4) is 11.5 Å². The SMILES string of the molecule is CCS(=O)(=O)CC(O)COc1ccc(C(C)(C)c2ccc(OCC(C)CCl)c(Cl)c2)cc1Cl. The Balaban J connectivity index is 2.13. The largest absolute Gasteiger partial charge is 0.492 e. The van der Waals surface area contributed by atoms with E-state index in [1.807, 2.05) is 31.2 Å². The molecule has 0 aromatic heterocycles. The average Bonchev–Trinajstić information content (AvgIpc) is 2.76. The van der Waals surface area contributed by atoms with Crippen molar-refractivity contribution in [1.29, 1.82) is 0 Å². The molecular formula is C24H31Cl3O5S. The van der Waals surface area contributed by atoms with Gasteiger partial charge in [0.15, 0.2) is 9.84 Å². The molecule has 0 aliphatic heterocycles. The number of sulfone groups is 1. The standard InChI is InChI=1S/C24H31Cl3O5S/c1-5-33(29,30)15-19(28)14-32-23-9-7-18(11-21(23)27)24(3,4)17-6-8-22(20(26)10-17)31-13-16(2)12-25/h6-11,16,19,28H,5,12-15H2,1-4H3. The quantitative estimate of drug-likeness (QED) is 0.349. The zero-order valence-corrected chi connectivity index (χ0v) is 22.4. The van der Waals surface area contributed by atoms with Crippen LogP contribution in [0.1, 0.15) is 38.8 Å². The maximum absolute atomic E-state index is 11.6. The number of alkyl halides is 1. The molecule has 2 unspecified atom stereocenters. The molecule has 0 aliphatic carbocycles. The predicted octanol–water partition coefficient (Wildman–Crippen LogP) is 5.75. The molecule has 9 heteroatoms. The highest BCUT2D eigenvalue weighted by Crippen LogP contribution is 2.38. The number of rotatable bonds is 12. The molecule has 2 aromatic carbocycles. The molecule has 5 nitrogen and oxygen atoms in total. The van der Waals surface area contributed by atoms with Crippen molar-refractivity contribution < 1.29 is 23.0 Å². The Morgan fingerprint density at radius 2 is 1.45 bits per heavy atom. The molecule has 0 saturated carbocycles. The topological polar surface area (TPSA) is 72.8 Å². The molecule has 0 saturated heterocycles. The maximum Gasteiger partial charge on any atom is 0.152 e. The molecule has 2 rings (SSSR count). The Kier molecular flexibility index (Phi) is 10.2. The molecule has 33 heavy (non-hydrogen) atoms. The lowest BCUT2D eigenvalue weighted by atomic mass is 9.78. The Bertz CT molecular complexity index is 1040. The fourth-order valence-corrected chi connectivity index (χ4v) is 4.58. The summed E-state index contributed by atoms with van der Waals surface area (Å²) in [6.45, 7) is 7.98. The van der Waals surface area contributed by atoms with Gasteiger partial charge in [0, 0.05) is 23.0 Å². The summed E-state index contributed by atoms with van der Waals surface area (Å²) in [7, 11) is -3.29. The number of ether oxygens (including phenoxy) is 2. The van der Waals surface area contributed by atoms with Crippen LogP contribution in [0, 0.1) is 5.92 Å². The van der Waals surface area contributed by atoms with E-state index in [0.29, 0.717) is 34.0 Å². The van der Waals surface area contributed by atoms with E-state index in [-0.39, 0.29) is 24.0 Å². The fraction of sp³-hybridized carbons (Fsp3) is 0.500. The smallest absolute Gasteiger partial charge is 0.152 e. The van der Waals surface area contributed by atoms with Gasteiger partial charge in [-0.3, -0.25) is 0 Å². The van der Waals surface area contributed by atoms with Crippen LogP contribution in [0.25, 0.3) is 0 Å². The lowest BCUT2D eigenvalue weighted by molar-refractivity contribution is 0.125. The lowest BCUT2D eigenvalue weighted by Crippen LogP contribution is -2.28. The number of aliphatic hydroxyl groups excluding tert-OH is 1. The van der Waals surface area contributed by atoms with E-state index in [0.717, 1.165) is 11.1 Å². The van der Waals surface area contributed by atoms with Crippen LogP contribution in [0.3, 0.4) is 0 Å². The van der Waals surface area contributed by atoms with Crippen molar-refractivity contribution in [2.45, 2.75) is 39.2 Å². The summed E-state index contributed by atoms with van der Waals surface area (Å²) >= 11 is 18.7. The second kappa shape index (κ2) is 12.0. The van der Waals surface area contributed by atoms with Crippen molar-refractivity contribution in [2.75, 3.05) is 30.6 Å². The number of hydrogen-bond donors (Lipinski definition) is 1. The van der Waals surface area contributed by atoms with Crippen LogP contribution in [-0.2, 0) is 15.3 Å². The van der Waals surface area contributed by atoms with Crippen LogP contribution >= 0.6 is 34.8 Å². The van der Waals surface area contributed by atoms with Crippen LogP contribution in [-0.4, -0.2) is 50.2 Å². The summed E-state index contributed by atoms with van der Waals surface area (Å²) < 4.78 is 34.6. The van der Waals surface area contributed by atoms with Crippen LogP contribution in [0.2, 0.25) is 10.0 Å². The van der Waals surface area contributed by atoms with Crippen molar-refractivity contribution in [2.24, 2.45) is 5.92 Å². The van der Waals surface area contributed by atoms with Crippen molar-refractivity contribution in [1.82, 2.24) is 0 Å². The molecule has 0 heterocycles. The van der Waals surface area contributed by atoms with Crippen molar-refractivity contribution in [3.63, 3.8) is 0 Å². The first-order valence-electron chi connectivity index (χ1n) is 10.7. The third kappa shape index (κ3) is 7.93. The summed E-state index contributed by atoms with van der Waals surface area (Å²) in [5.41, 5.74) is 1.51. The molecule has 184 valence electrons. The minimum Gasteiger partial charge on any atom is -0.492 e. The molecular weight excluding hydrogens is 507 g/mol. The second-order valence-electron chi connectivity index (χ2n) is 8.65. The minimum absolute atomic E-state index is 0.0295. The highest BCUT2D eigenvalue weighted by molar-refractivity contribution is 7.91. The molecule has 0 fully saturated rings. The summed E-state index contributed by atoms with van der Waals surface area (Å²) in [6.07, 6.45) is -1.13. The number of benzene rings is 2. The van der Waals surface area contributed by atoms with Crippen LogP contribution < -0.4 is 9.47 Å². The van der Waals surface area contributed by atoms with E-state index in [1.165, 1.54) is 6.92 Å². The van der Waals surface area contributed by atoms with Gasteiger partial charge in [-0.1, -0.05) is 63.0 Å². The zero-order valence-electron chi connectivity index (χ0n) is 19.3.